The largest absolute Gasteiger partial charge is 0.483 e. The van der Waals surface area contributed by atoms with Gasteiger partial charge >= 0.3 is 6.09 Å². The molecule has 1 amide bonds. The summed E-state index contributed by atoms with van der Waals surface area (Å²) in [6.45, 7) is 1.32. The van der Waals surface area contributed by atoms with E-state index in [2.05, 4.69) is 15.2 Å². The van der Waals surface area contributed by atoms with Crippen LogP contribution in [-0.2, 0) is 14.3 Å². The van der Waals surface area contributed by atoms with Crippen molar-refractivity contribution in [3.63, 3.8) is 0 Å². The highest BCUT2D eigenvalue weighted by Gasteiger charge is 2.00. The molecule has 0 heterocycles. The van der Waals surface area contributed by atoms with E-state index in [1.165, 1.54) is 7.11 Å². The van der Waals surface area contributed by atoms with Crippen LogP contribution in [0.1, 0.15) is 6.92 Å². The highest BCUT2D eigenvalue weighted by Crippen LogP contribution is 1.87. The monoisotopic (exact) mass is 165 g/mol. The van der Waals surface area contributed by atoms with Crippen LogP contribution >= 0.6 is 0 Å². The van der Waals surface area contributed by atoms with Crippen molar-refractivity contribution in [1.82, 2.24) is 0 Å². The van der Waals surface area contributed by atoms with Gasteiger partial charge in [0.1, 0.15) is 0 Å². The number of carbonyl (C=O) groups excluding carboxylic acids is 1. The Morgan fingerprint density at radius 3 is 2.18 bits per heavy atom. The van der Waals surface area contributed by atoms with E-state index in [1.807, 2.05) is 0 Å². The standard InChI is InChI=1S/C4H9NO3.CH2O2/c1-3(7-2)8-4(5)6;2-1-3/h3H,1-2H3,(H2,5,6);1H,(H,2,3). The van der Waals surface area contributed by atoms with Crippen LogP contribution in [0.15, 0.2) is 0 Å². The van der Waals surface area contributed by atoms with E-state index < -0.39 is 12.4 Å². The van der Waals surface area contributed by atoms with Crippen molar-refractivity contribution in [3.05, 3.63) is 0 Å². The van der Waals surface area contributed by atoms with E-state index in [-0.39, 0.29) is 6.47 Å². The molecule has 1 atom stereocenters. The molecule has 0 aliphatic carbocycles. The van der Waals surface area contributed by atoms with Crippen LogP contribution in [-0.4, -0.2) is 31.1 Å². The van der Waals surface area contributed by atoms with Crippen molar-refractivity contribution in [2.24, 2.45) is 5.73 Å². The topological polar surface area (TPSA) is 98.9 Å². The van der Waals surface area contributed by atoms with E-state index in [0.717, 1.165) is 0 Å². The molecule has 0 saturated heterocycles. The van der Waals surface area contributed by atoms with E-state index in [1.54, 1.807) is 6.92 Å². The summed E-state index contributed by atoms with van der Waals surface area (Å²) in [7, 11) is 1.42. The minimum absolute atomic E-state index is 0.250. The molecule has 0 aliphatic rings. The minimum Gasteiger partial charge on any atom is -0.483 e. The first kappa shape index (κ1) is 12.4. The smallest absolute Gasteiger partial charge is 0.406 e. The summed E-state index contributed by atoms with van der Waals surface area (Å²) in [6.07, 6.45) is -1.37. The first-order valence-corrected chi connectivity index (χ1v) is 2.65. The lowest BCUT2D eigenvalue weighted by Crippen LogP contribution is -2.21. The van der Waals surface area contributed by atoms with Crippen LogP contribution in [0.5, 0.6) is 0 Å². The average Bonchev–Trinajstić information content (AvgIpc) is 1.88. The maximum atomic E-state index is 9.89. The molecule has 0 aromatic rings. The summed E-state index contributed by atoms with van der Waals surface area (Å²) in [6, 6.07) is 0. The first-order valence-electron chi connectivity index (χ1n) is 2.65. The molecule has 3 N–H and O–H groups in total. The molecule has 0 spiro atoms. The number of carboxylic acid groups (broad SMARTS) is 1. The van der Waals surface area contributed by atoms with Gasteiger partial charge in [-0.1, -0.05) is 0 Å². The highest BCUT2D eigenvalue weighted by molar-refractivity contribution is 5.64. The third kappa shape index (κ3) is 17.7. The summed E-state index contributed by atoms with van der Waals surface area (Å²) in [5.41, 5.74) is 4.63. The maximum Gasteiger partial charge on any atom is 0.406 e. The maximum absolute atomic E-state index is 9.89. The van der Waals surface area contributed by atoms with Crippen LogP contribution in [0, 0.1) is 0 Å². The Morgan fingerprint density at radius 1 is 1.73 bits per heavy atom. The number of ether oxygens (including phenoxy) is 2. The molecular weight excluding hydrogens is 154 g/mol. The van der Waals surface area contributed by atoms with Gasteiger partial charge in [0.2, 0.25) is 6.29 Å². The summed E-state index contributed by atoms with van der Waals surface area (Å²) in [5, 5.41) is 6.89. The second-order valence-corrected chi connectivity index (χ2v) is 1.35. The number of hydrogen-bond donors (Lipinski definition) is 2. The molecule has 1 unspecified atom stereocenters. The number of methoxy groups -OCH3 is 1. The lowest BCUT2D eigenvalue weighted by atomic mass is 10.7. The van der Waals surface area contributed by atoms with Crippen LogP contribution in [0.4, 0.5) is 4.79 Å². The molecule has 6 nitrogen and oxygen atoms in total. The van der Waals surface area contributed by atoms with Crippen molar-refractivity contribution in [1.29, 1.82) is 0 Å². The van der Waals surface area contributed by atoms with Gasteiger partial charge in [0.15, 0.2) is 0 Å². The molecule has 66 valence electrons. The molecular formula is C5H11NO5. The van der Waals surface area contributed by atoms with Crippen LogP contribution in [0.25, 0.3) is 0 Å². The van der Waals surface area contributed by atoms with Crippen LogP contribution in [0.2, 0.25) is 0 Å². The second kappa shape index (κ2) is 8.70. The number of rotatable bonds is 2. The molecule has 0 radical (unpaired) electrons. The average molecular weight is 165 g/mol. The van der Waals surface area contributed by atoms with Gasteiger partial charge in [-0.2, -0.15) is 0 Å². The lowest BCUT2D eigenvalue weighted by Gasteiger charge is -2.06. The fraction of sp³-hybridized carbons (Fsp3) is 0.600. The van der Waals surface area contributed by atoms with Crippen molar-refractivity contribution >= 4 is 12.6 Å². The van der Waals surface area contributed by atoms with E-state index >= 15 is 0 Å². The fourth-order valence-electron chi connectivity index (χ4n) is 0.212. The quantitative estimate of drug-likeness (QED) is 0.435. The van der Waals surface area contributed by atoms with Gasteiger partial charge < -0.3 is 20.3 Å². The Labute approximate surface area is 63.9 Å². The highest BCUT2D eigenvalue weighted by atomic mass is 16.7. The summed E-state index contributed by atoms with van der Waals surface area (Å²) in [4.78, 5) is 18.2. The Morgan fingerprint density at radius 2 is 2.09 bits per heavy atom. The zero-order chi connectivity index (χ0) is 9.28. The Kier molecular flexibility index (Phi) is 9.79. The molecule has 0 fully saturated rings. The SMILES string of the molecule is COC(C)OC(N)=O.O=CO. The van der Waals surface area contributed by atoms with Gasteiger partial charge in [-0.25, -0.2) is 4.79 Å². The lowest BCUT2D eigenvalue weighted by molar-refractivity contribution is -0.122. The normalized spacial score (nSPS) is 10.4. The molecule has 0 aliphatic heterocycles. The summed E-state index contributed by atoms with van der Waals surface area (Å²) in [5.74, 6) is 0. The van der Waals surface area contributed by atoms with Crippen LogP contribution in [0.3, 0.4) is 0 Å². The molecule has 0 rings (SSSR count). The van der Waals surface area contributed by atoms with E-state index in [9.17, 15) is 4.79 Å². The number of amides is 1. The second-order valence-electron chi connectivity index (χ2n) is 1.35. The fourth-order valence-corrected chi connectivity index (χ4v) is 0.212. The predicted molar refractivity (Wildman–Crippen MR) is 35.8 cm³/mol. The molecule has 0 bridgehead atoms. The van der Waals surface area contributed by atoms with Gasteiger partial charge in [-0.05, 0) is 6.92 Å². The van der Waals surface area contributed by atoms with Crippen molar-refractivity contribution in [2.45, 2.75) is 13.2 Å². The Balaban J connectivity index is 0. The first-order chi connectivity index (χ1) is 5.08. The molecule has 0 aromatic heterocycles. The van der Waals surface area contributed by atoms with Crippen molar-refractivity contribution in [2.75, 3.05) is 7.11 Å². The summed E-state index contributed by atoms with van der Waals surface area (Å²) >= 11 is 0. The Bertz CT molecular complexity index is 115. The van der Waals surface area contributed by atoms with Crippen LogP contribution < -0.4 is 5.73 Å². The minimum atomic E-state index is -0.820. The molecule has 6 heteroatoms. The number of hydrogen-bond acceptors (Lipinski definition) is 4. The zero-order valence-electron chi connectivity index (χ0n) is 6.31. The third-order valence-electron chi connectivity index (χ3n) is 0.614. The van der Waals surface area contributed by atoms with Crippen molar-refractivity contribution < 1.29 is 24.2 Å². The molecule has 0 saturated carbocycles. The van der Waals surface area contributed by atoms with Gasteiger partial charge in [0.05, 0.1) is 0 Å². The summed E-state index contributed by atoms with van der Waals surface area (Å²) < 4.78 is 8.85. The zero-order valence-corrected chi connectivity index (χ0v) is 6.31. The van der Waals surface area contributed by atoms with Gasteiger partial charge in [0.25, 0.3) is 6.47 Å². The number of primary amides is 1. The van der Waals surface area contributed by atoms with Crippen molar-refractivity contribution in [3.8, 4) is 0 Å². The van der Waals surface area contributed by atoms with E-state index in [0.29, 0.717) is 0 Å². The van der Waals surface area contributed by atoms with E-state index in [4.69, 9.17) is 9.90 Å². The molecule has 0 aromatic carbocycles. The number of carbonyl (C=O) groups is 2. The van der Waals surface area contributed by atoms with Gasteiger partial charge in [-0.3, -0.25) is 4.79 Å². The number of nitrogens with two attached hydrogens (primary N) is 1. The Hall–Kier alpha value is -1.30. The molecule has 11 heavy (non-hydrogen) atoms. The van der Waals surface area contributed by atoms with Gasteiger partial charge in [-0.15, -0.1) is 0 Å². The van der Waals surface area contributed by atoms with Gasteiger partial charge in [0, 0.05) is 7.11 Å². The third-order valence-corrected chi connectivity index (χ3v) is 0.614. The predicted octanol–water partition coefficient (Wildman–Crippen LogP) is -0.225.